The maximum Gasteiger partial charge on any atom is 0.225 e. The molecule has 2 rings (SSSR count). The minimum absolute atomic E-state index is 0.131. The Morgan fingerprint density at radius 3 is 2.72 bits per heavy atom. The lowest BCUT2D eigenvalue weighted by atomic mass is 9.68. The number of carbonyl (C=O) groups excluding carboxylic acids is 1. The van der Waals surface area contributed by atoms with E-state index in [9.17, 15) is 4.79 Å². The normalized spacial score (nSPS) is 17.2. The number of amides is 1. The van der Waals surface area contributed by atoms with Crippen LogP contribution in [-0.4, -0.2) is 26.0 Å². The summed E-state index contributed by atoms with van der Waals surface area (Å²) in [6.07, 6.45) is 4.22. The zero-order valence-corrected chi connectivity index (χ0v) is 13.0. The smallest absolute Gasteiger partial charge is 0.225 e. The molecular weight excluding hydrogens is 312 g/mol. The van der Waals surface area contributed by atoms with Crippen LogP contribution < -0.4 is 10.6 Å². The maximum atomic E-state index is 11.9. The molecule has 1 aromatic rings. The first-order valence-corrected chi connectivity index (χ1v) is 7.90. The highest BCUT2D eigenvalue weighted by molar-refractivity contribution is 9.11. The third-order valence-corrected chi connectivity index (χ3v) is 5.21. The predicted molar refractivity (Wildman–Crippen MR) is 78.9 cm³/mol. The summed E-state index contributed by atoms with van der Waals surface area (Å²) < 4.78 is 1.08. The van der Waals surface area contributed by atoms with E-state index in [2.05, 4.69) is 26.6 Å². The van der Waals surface area contributed by atoms with Crippen molar-refractivity contribution in [1.82, 2.24) is 10.6 Å². The van der Waals surface area contributed by atoms with E-state index in [0.717, 1.165) is 21.8 Å². The minimum Gasteiger partial charge on any atom is -0.355 e. The molecule has 1 aliphatic carbocycles. The van der Waals surface area contributed by atoms with Crippen LogP contribution in [-0.2, 0) is 11.2 Å². The first-order valence-electron chi connectivity index (χ1n) is 6.29. The highest BCUT2D eigenvalue weighted by Crippen LogP contribution is 2.39. The zero-order valence-electron chi connectivity index (χ0n) is 10.6. The molecule has 0 saturated heterocycles. The highest BCUT2D eigenvalue weighted by atomic mass is 79.9. The van der Waals surface area contributed by atoms with E-state index in [-0.39, 0.29) is 5.91 Å². The van der Waals surface area contributed by atoms with E-state index >= 15 is 0 Å². The summed E-state index contributed by atoms with van der Waals surface area (Å²) >= 11 is 5.04. The lowest BCUT2D eigenvalue weighted by molar-refractivity contribution is -0.121. The van der Waals surface area contributed by atoms with E-state index in [4.69, 9.17) is 0 Å². The first-order chi connectivity index (χ1) is 8.63. The summed E-state index contributed by atoms with van der Waals surface area (Å²) in [6, 6.07) is 3.99. The number of hydrogen-bond acceptors (Lipinski definition) is 3. The second-order valence-electron chi connectivity index (χ2n) is 5.04. The molecule has 100 valence electrons. The van der Waals surface area contributed by atoms with Crippen molar-refractivity contribution >= 4 is 33.2 Å². The highest BCUT2D eigenvalue weighted by Gasteiger charge is 2.36. The number of halogens is 1. The van der Waals surface area contributed by atoms with Crippen molar-refractivity contribution in [3.05, 3.63) is 20.8 Å². The lowest BCUT2D eigenvalue weighted by Crippen LogP contribution is -2.47. The van der Waals surface area contributed by atoms with Crippen molar-refractivity contribution in [1.29, 1.82) is 0 Å². The van der Waals surface area contributed by atoms with E-state index < -0.39 is 0 Å². The molecule has 1 aromatic heterocycles. The van der Waals surface area contributed by atoms with Crippen molar-refractivity contribution in [2.75, 3.05) is 20.1 Å². The summed E-state index contributed by atoms with van der Waals surface area (Å²) in [4.78, 5) is 13.0. The number of carbonyl (C=O) groups is 1. The van der Waals surface area contributed by atoms with Crippen LogP contribution in [0, 0.1) is 5.41 Å². The zero-order chi connectivity index (χ0) is 13.0. The predicted octanol–water partition coefficient (Wildman–Crippen LogP) is 2.56. The molecule has 0 bridgehead atoms. The fourth-order valence-electron chi connectivity index (χ4n) is 2.42. The number of thiophene rings is 1. The Morgan fingerprint density at radius 1 is 1.44 bits per heavy atom. The van der Waals surface area contributed by atoms with Gasteiger partial charge in [0.25, 0.3) is 0 Å². The van der Waals surface area contributed by atoms with Gasteiger partial charge < -0.3 is 10.6 Å². The van der Waals surface area contributed by atoms with Gasteiger partial charge in [-0.15, -0.1) is 11.3 Å². The summed E-state index contributed by atoms with van der Waals surface area (Å²) in [5.74, 6) is 0.131. The first kappa shape index (κ1) is 14.0. The average Bonchev–Trinajstić information content (AvgIpc) is 2.67. The SMILES string of the molecule is CNCC1(CNC(=O)Cc2ccc(Br)s2)CCC1. The number of hydrogen-bond donors (Lipinski definition) is 2. The number of nitrogens with one attached hydrogen (secondary N) is 2. The standard InChI is InChI=1S/C13H19BrN2OS/c1-15-8-13(5-2-6-13)9-16-12(17)7-10-3-4-11(14)18-10/h3-4,15H,2,5-9H2,1H3,(H,16,17). The van der Waals surface area contributed by atoms with E-state index in [1.807, 2.05) is 19.2 Å². The van der Waals surface area contributed by atoms with Gasteiger partial charge in [-0.05, 0) is 48.0 Å². The molecule has 0 aromatic carbocycles. The van der Waals surface area contributed by atoms with Crippen LogP contribution in [0.25, 0.3) is 0 Å². The quantitative estimate of drug-likeness (QED) is 0.841. The fourth-order valence-corrected chi connectivity index (χ4v) is 3.90. The molecule has 5 heteroatoms. The van der Waals surface area contributed by atoms with Gasteiger partial charge in [0.05, 0.1) is 10.2 Å². The molecule has 0 radical (unpaired) electrons. The van der Waals surface area contributed by atoms with Gasteiger partial charge in [0.15, 0.2) is 0 Å². The lowest BCUT2D eigenvalue weighted by Gasteiger charge is -2.42. The molecular formula is C13H19BrN2OS. The van der Waals surface area contributed by atoms with Gasteiger partial charge in [-0.1, -0.05) is 6.42 Å². The maximum absolute atomic E-state index is 11.9. The van der Waals surface area contributed by atoms with Crippen molar-refractivity contribution in [3.63, 3.8) is 0 Å². The van der Waals surface area contributed by atoms with Crippen molar-refractivity contribution < 1.29 is 4.79 Å². The van der Waals surface area contributed by atoms with Crippen LogP contribution in [0.5, 0.6) is 0 Å². The molecule has 1 aliphatic rings. The molecule has 2 N–H and O–H groups in total. The molecule has 3 nitrogen and oxygen atoms in total. The second kappa shape index (κ2) is 6.17. The van der Waals surface area contributed by atoms with Crippen LogP contribution in [0.15, 0.2) is 15.9 Å². The van der Waals surface area contributed by atoms with E-state index in [0.29, 0.717) is 11.8 Å². The summed E-state index contributed by atoms with van der Waals surface area (Å²) in [7, 11) is 1.98. The molecule has 0 spiro atoms. The van der Waals surface area contributed by atoms with Gasteiger partial charge in [-0.2, -0.15) is 0 Å². The van der Waals surface area contributed by atoms with Gasteiger partial charge in [0.2, 0.25) is 5.91 Å². The second-order valence-corrected chi connectivity index (χ2v) is 7.59. The van der Waals surface area contributed by atoms with Crippen molar-refractivity contribution in [2.45, 2.75) is 25.7 Å². The third kappa shape index (κ3) is 3.56. The molecule has 1 saturated carbocycles. The monoisotopic (exact) mass is 330 g/mol. The Balaban J connectivity index is 1.77. The topological polar surface area (TPSA) is 41.1 Å². The Bertz CT molecular complexity index is 415. The van der Waals surface area contributed by atoms with Gasteiger partial charge in [0, 0.05) is 23.4 Å². The largest absolute Gasteiger partial charge is 0.355 e. The Kier molecular flexibility index (Phi) is 4.81. The van der Waals surface area contributed by atoms with Crippen LogP contribution >= 0.6 is 27.3 Å². The molecule has 1 amide bonds. The van der Waals surface area contributed by atoms with Crippen LogP contribution in [0.1, 0.15) is 24.1 Å². The van der Waals surface area contributed by atoms with Gasteiger partial charge in [0.1, 0.15) is 0 Å². The molecule has 0 aliphatic heterocycles. The summed E-state index contributed by atoms with van der Waals surface area (Å²) in [5.41, 5.74) is 0.306. The Labute approximate surface area is 120 Å². The van der Waals surface area contributed by atoms with Crippen molar-refractivity contribution in [3.8, 4) is 0 Å². The fraction of sp³-hybridized carbons (Fsp3) is 0.615. The number of rotatable bonds is 6. The van der Waals surface area contributed by atoms with E-state index in [1.54, 1.807) is 11.3 Å². The third-order valence-electron chi connectivity index (χ3n) is 3.59. The van der Waals surface area contributed by atoms with Gasteiger partial charge in [-0.3, -0.25) is 4.79 Å². The van der Waals surface area contributed by atoms with Crippen LogP contribution in [0.4, 0.5) is 0 Å². The average molecular weight is 331 g/mol. The van der Waals surface area contributed by atoms with Gasteiger partial charge in [-0.25, -0.2) is 0 Å². The molecule has 0 unspecified atom stereocenters. The Morgan fingerprint density at radius 2 is 2.22 bits per heavy atom. The van der Waals surface area contributed by atoms with Crippen LogP contribution in [0.2, 0.25) is 0 Å². The molecule has 18 heavy (non-hydrogen) atoms. The minimum atomic E-state index is 0.131. The van der Waals surface area contributed by atoms with Gasteiger partial charge >= 0.3 is 0 Å². The van der Waals surface area contributed by atoms with Crippen LogP contribution in [0.3, 0.4) is 0 Å². The Hall–Kier alpha value is -0.390. The summed E-state index contributed by atoms with van der Waals surface area (Å²) in [6.45, 7) is 1.80. The summed E-state index contributed by atoms with van der Waals surface area (Å²) in [5, 5.41) is 6.31. The molecule has 1 fully saturated rings. The van der Waals surface area contributed by atoms with E-state index in [1.165, 1.54) is 19.3 Å². The van der Waals surface area contributed by atoms with Crippen molar-refractivity contribution in [2.24, 2.45) is 5.41 Å². The molecule has 0 atom stereocenters. The molecule has 1 heterocycles.